The van der Waals surface area contributed by atoms with Gasteiger partial charge in [0.25, 0.3) is 0 Å². The van der Waals surface area contributed by atoms with Crippen molar-refractivity contribution in [2.45, 2.75) is 13.3 Å². The molecule has 0 fully saturated rings. The summed E-state index contributed by atoms with van der Waals surface area (Å²) in [5.41, 5.74) is 3.26. The van der Waals surface area contributed by atoms with E-state index in [4.69, 9.17) is 0 Å². The number of carbonyl (C=O) groups excluding carboxylic acids is 1. The van der Waals surface area contributed by atoms with Gasteiger partial charge in [0.1, 0.15) is 0 Å². The number of hydrogen-bond acceptors (Lipinski definition) is 3. The molecule has 1 N–H and O–H groups in total. The molecule has 0 saturated heterocycles. The molecule has 4 heteroatoms. The molecule has 0 aliphatic rings. The number of likely N-dealkylation sites (N-methyl/N-ethyl adjacent to an activating group) is 1. The molecule has 0 aliphatic carbocycles. The molecule has 2 rings (SSSR count). The summed E-state index contributed by atoms with van der Waals surface area (Å²) >= 11 is 0. The maximum absolute atomic E-state index is 12.0. The number of hydrogen-bond donors (Lipinski definition) is 1. The van der Waals surface area contributed by atoms with Crippen LogP contribution in [0.4, 0.5) is 5.69 Å². The van der Waals surface area contributed by atoms with Crippen LogP contribution in [0.15, 0.2) is 48.8 Å². The largest absolute Gasteiger partial charge is 0.325 e. The number of nitrogens with one attached hydrogen (secondary N) is 1. The Bertz CT molecular complexity index is 566. The highest BCUT2D eigenvalue weighted by molar-refractivity contribution is 5.92. The minimum absolute atomic E-state index is 0.0103. The van der Waals surface area contributed by atoms with Crippen molar-refractivity contribution in [3.05, 3.63) is 59.9 Å². The number of aryl methyl sites for hydroxylation is 1. The quantitative estimate of drug-likeness (QED) is 0.886. The van der Waals surface area contributed by atoms with Gasteiger partial charge in [0.2, 0.25) is 5.91 Å². The molecule has 21 heavy (non-hydrogen) atoms. The summed E-state index contributed by atoms with van der Waals surface area (Å²) in [6.07, 6.45) is 4.50. The summed E-state index contributed by atoms with van der Waals surface area (Å²) in [5, 5.41) is 2.91. The molecule has 0 unspecified atom stereocenters. The van der Waals surface area contributed by atoms with Gasteiger partial charge in [-0.1, -0.05) is 17.7 Å². The number of pyridine rings is 1. The maximum atomic E-state index is 12.0. The number of carbonyl (C=O) groups is 1. The van der Waals surface area contributed by atoms with Crippen molar-refractivity contribution in [3.8, 4) is 0 Å². The molecular formula is C17H21N3O. The zero-order chi connectivity index (χ0) is 15.1. The van der Waals surface area contributed by atoms with E-state index in [1.165, 1.54) is 11.1 Å². The predicted octanol–water partition coefficient (Wildman–Crippen LogP) is 2.50. The Morgan fingerprint density at radius 2 is 1.81 bits per heavy atom. The summed E-state index contributed by atoms with van der Waals surface area (Å²) < 4.78 is 0. The van der Waals surface area contributed by atoms with Crippen LogP contribution in [0.25, 0.3) is 0 Å². The van der Waals surface area contributed by atoms with E-state index in [0.717, 1.165) is 18.7 Å². The highest BCUT2D eigenvalue weighted by Gasteiger charge is 2.07. The van der Waals surface area contributed by atoms with Crippen molar-refractivity contribution in [3.63, 3.8) is 0 Å². The molecule has 1 heterocycles. The fraction of sp³-hybridized carbons (Fsp3) is 0.294. The standard InChI is InChI=1S/C17H21N3O/c1-14-3-5-16(6-4-14)19-17(21)13-20(2)12-9-15-7-10-18-11-8-15/h3-8,10-11H,9,12-13H2,1-2H3,(H,19,21). The molecule has 1 aromatic heterocycles. The van der Waals surface area contributed by atoms with Crippen molar-refractivity contribution in [2.24, 2.45) is 0 Å². The van der Waals surface area contributed by atoms with Gasteiger partial charge in [0.05, 0.1) is 6.54 Å². The topological polar surface area (TPSA) is 45.2 Å². The average Bonchev–Trinajstić information content (AvgIpc) is 2.48. The van der Waals surface area contributed by atoms with Crippen LogP contribution in [-0.2, 0) is 11.2 Å². The lowest BCUT2D eigenvalue weighted by molar-refractivity contribution is -0.117. The van der Waals surface area contributed by atoms with Crippen molar-refractivity contribution >= 4 is 11.6 Å². The van der Waals surface area contributed by atoms with Gasteiger partial charge in [-0.3, -0.25) is 14.7 Å². The van der Waals surface area contributed by atoms with Gasteiger partial charge >= 0.3 is 0 Å². The van der Waals surface area contributed by atoms with E-state index < -0.39 is 0 Å². The fourth-order valence-corrected chi connectivity index (χ4v) is 2.03. The summed E-state index contributed by atoms with van der Waals surface area (Å²) in [5.74, 6) is 0.0103. The van der Waals surface area contributed by atoms with Crippen LogP contribution in [0, 0.1) is 6.92 Å². The molecule has 0 spiro atoms. The van der Waals surface area contributed by atoms with E-state index in [9.17, 15) is 4.79 Å². The molecule has 2 aromatic rings. The second-order valence-electron chi connectivity index (χ2n) is 5.26. The molecule has 4 nitrogen and oxygen atoms in total. The summed E-state index contributed by atoms with van der Waals surface area (Å²) in [6.45, 7) is 3.25. The minimum atomic E-state index is 0.0103. The van der Waals surface area contributed by atoms with Crippen molar-refractivity contribution in [1.82, 2.24) is 9.88 Å². The summed E-state index contributed by atoms with van der Waals surface area (Å²) in [6, 6.07) is 11.8. The molecule has 0 saturated carbocycles. The van der Waals surface area contributed by atoms with E-state index in [2.05, 4.69) is 10.3 Å². The first kappa shape index (κ1) is 15.2. The van der Waals surface area contributed by atoms with Crippen LogP contribution >= 0.6 is 0 Å². The second kappa shape index (κ2) is 7.55. The molecule has 0 radical (unpaired) electrons. The van der Waals surface area contributed by atoms with E-state index in [1.54, 1.807) is 12.4 Å². The normalized spacial score (nSPS) is 10.6. The average molecular weight is 283 g/mol. The predicted molar refractivity (Wildman–Crippen MR) is 85.2 cm³/mol. The molecule has 1 amide bonds. The molecule has 0 aliphatic heterocycles. The third-order valence-electron chi connectivity index (χ3n) is 3.28. The van der Waals surface area contributed by atoms with Gasteiger partial charge in [-0.15, -0.1) is 0 Å². The zero-order valence-electron chi connectivity index (χ0n) is 12.5. The lowest BCUT2D eigenvalue weighted by atomic mass is 10.2. The van der Waals surface area contributed by atoms with E-state index in [1.807, 2.05) is 55.3 Å². The lowest BCUT2D eigenvalue weighted by Gasteiger charge is -2.16. The third-order valence-corrected chi connectivity index (χ3v) is 3.28. The number of rotatable bonds is 6. The first-order valence-electron chi connectivity index (χ1n) is 7.07. The monoisotopic (exact) mass is 283 g/mol. The highest BCUT2D eigenvalue weighted by Crippen LogP contribution is 2.08. The zero-order valence-corrected chi connectivity index (χ0v) is 12.5. The Kier molecular flexibility index (Phi) is 5.46. The van der Waals surface area contributed by atoms with Crippen LogP contribution in [0.3, 0.4) is 0 Å². The van der Waals surface area contributed by atoms with E-state index in [-0.39, 0.29) is 5.91 Å². The Balaban J connectivity index is 1.75. The van der Waals surface area contributed by atoms with Crippen LogP contribution in [0.5, 0.6) is 0 Å². The maximum Gasteiger partial charge on any atom is 0.238 e. The number of nitrogens with zero attached hydrogens (tertiary/aromatic N) is 2. The number of benzene rings is 1. The van der Waals surface area contributed by atoms with Crippen molar-refractivity contribution < 1.29 is 4.79 Å². The fourth-order valence-electron chi connectivity index (χ4n) is 2.03. The highest BCUT2D eigenvalue weighted by atomic mass is 16.2. The van der Waals surface area contributed by atoms with E-state index >= 15 is 0 Å². The van der Waals surface area contributed by atoms with Crippen LogP contribution < -0.4 is 5.32 Å². The van der Waals surface area contributed by atoms with Gasteiger partial charge in [-0.25, -0.2) is 0 Å². The Morgan fingerprint density at radius 1 is 1.14 bits per heavy atom. The first-order valence-corrected chi connectivity index (χ1v) is 7.07. The second-order valence-corrected chi connectivity index (χ2v) is 5.26. The Morgan fingerprint density at radius 3 is 2.48 bits per heavy atom. The number of amides is 1. The molecule has 110 valence electrons. The smallest absolute Gasteiger partial charge is 0.238 e. The molecular weight excluding hydrogens is 262 g/mol. The van der Waals surface area contributed by atoms with Gasteiger partial charge in [-0.05, 0) is 50.2 Å². The lowest BCUT2D eigenvalue weighted by Crippen LogP contribution is -2.31. The Hall–Kier alpha value is -2.20. The van der Waals surface area contributed by atoms with E-state index in [0.29, 0.717) is 6.54 Å². The molecule has 0 atom stereocenters. The van der Waals surface area contributed by atoms with Crippen molar-refractivity contribution in [2.75, 3.05) is 25.5 Å². The third kappa shape index (κ3) is 5.36. The summed E-state index contributed by atoms with van der Waals surface area (Å²) in [4.78, 5) is 18.0. The van der Waals surface area contributed by atoms with Crippen LogP contribution in [0.1, 0.15) is 11.1 Å². The van der Waals surface area contributed by atoms with Gasteiger partial charge in [0, 0.05) is 24.6 Å². The SMILES string of the molecule is Cc1ccc(NC(=O)CN(C)CCc2ccncc2)cc1. The first-order chi connectivity index (χ1) is 10.1. The van der Waals surface area contributed by atoms with Gasteiger partial charge < -0.3 is 5.32 Å². The summed E-state index contributed by atoms with van der Waals surface area (Å²) in [7, 11) is 1.95. The minimum Gasteiger partial charge on any atom is -0.325 e. The number of anilines is 1. The molecule has 1 aromatic carbocycles. The Labute approximate surface area is 125 Å². The number of aromatic nitrogens is 1. The van der Waals surface area contributed by atoms with Gasteiger partial charge in [-0.2, -0.15) is 0 Å². The molecule has 0 bridgehead atoms. The van der Waals surface area contributed by atoms with Crippen LogP contribution in [0.2, 0.25) is 0 Å². The van der Waals surface area contributed by atoms with Gasteiger partial charge in [0.15, 0.2) is 0 Å². The van der Waals surface area contributed by atoms with Crippen molar-refractivity contribution in [1.29, 1.82) is 0 Å². The van der Waals surface area contributed by atoms with Crippen LogP contribution in [-0.4, -0.2) is 35.9 Å².